The van der Waals surface area contributed by atoms with Crippen molar-refractivity contribution in [1.29, 1.82) is 0 Å². The van der Waals surface area contributed by atoms with Gasteiger partial charge < -0.3 is 0 Å². The summed E-state index contributed by atoms with van der Waals surface area (Å²) in [5, 5.41) is 2.13. The molecule has 0 N–H and O–H groups in total. The molecule has 2 unspecified atom stereocenters. The highest BCUT2D eigenvalue weighted by molar-refractivity contribution is 7.10. The van der Waals surface area contributed by atoms with Crippen molar-refractivity contribution in [2.24, 2.45) is 5.41 Å². The highest BCUT2D eigenvalue weighted by Gasteiger charge is 2.50. The van der Waals surface area contributed by atoms with Crippen LogP contribution in [-0.4, -0.2) is 5.78 Å². The summed E-state index contributed by atoms with van der Waals surface area (Å²) in [7, 11) is 0. The third kappa shape index (κ3) is 1.17. The first-order valence-electron chi connectivity index (χ1n) is 5.17. The number of thiophene rings is 1. The second-order valence-corrected chi connectivity index (χ2v) is 5.37. The molecule has 0 spiro atoms. The highest BCUT2D eigenvalue weighted by atomic mass is 32.1. The number of hydrogen-bond donors (Lipinski definition) is 0. The Labute approximate surface area is 89.1 Å². The van der Waals surface area contributed by atoms with Gasteiger partial charge in [-0.25, -0.2) is 0 Å². The second-order valence-electron chi connectivity index (χ2n) is 4.42. The van der Waals surface area contributed by atoms with Crippen LogP contribution in [0.2, 0.25) is 0 Å². The molecule has 0 aromatic carbocycles. The van der Waals surface area contributed by atoms with Crippen molar-refractivity contribution in [2.75, 3.05) is 0 Å². The van der Waals surface area contributed by atoms with Crippen LogP contribution in [0.5, 0.6) is 0 Å². The fraction of sp³-hybridized carbons (Fsp3) is 0.583. The van der Waals surface area contributed by atoms with Crippen molar-refractivity contribution < 1.29 is 4.79 Å². The van der Waals surface area contributed by atoms with Gasteiger partial charge in [-0.05, 0) is 30.4 Å². The van der Waals surface area contributed by atoms with Crippen molar-refractivity contribution in [2.45, 2.75) is 39.5 Å². The van der Waals surface area contributed by atoms with E-state index in [9.17, 15) is 4.79 Å². The minimum absolute atomic E-state index is 0.0738. The maximum atomic E-state index is 11.6. The lowest BCUT2D eigenvalue weighted by Gasteiger charge is -2.44. The van der Waals surface area contributed by atoms with E-state index in [1.165, 1.54) is 10.4 Å². The Bertz CT molecular complexity index is 366. The third-order valence-corrected chi connectivity index (χ3v) is 4.88. The summed E-state index contributed by atoms with van der Waals surface area (Å²) in [6.45, 7) is 6.38. The van der Waals surface area contributed by atoms with Crippen LogP contribution in [-0.2, 0) is 4.79 Å². The van der Waals surface area contributed by atoms with Crippen LogP contribution in [0.15, 0.2) is 11.4 Å². The molecule has 76 valence electrons. The van der Waals surface area contributed by atoms with Crippen LogP contribution < -0.4 is 0 Å². The molecule has 1 aromatic rings. The van der Waals surface area contributed by atoms with Crippen molar-refractivity contribution in [3.63, 3.8) is 0 Å². The van der Waals surface area contributed by atoms with Crippen molar-refractivity contribution >= 4 is 17.1 Å². The number of carbonyl (C=O) groups excluding carboxylic acids is 1. The molecule has 1 nitrogen and oxygen atoms in total. The molecular formula is C12H16OS. The van der Waals surface area contributed by atoms with Gasteiger partial charge in [-0.15, -0.1) is 11.3 Å². The number of aryl methyl sites for hydroxylation is 1. The van der Waals surface area contributed by atoms with Crippen molar-refractivity contribution in [3.05, 3.63) is 21.9 Å². The number of hydrogen-bond acceptors (Lipinski definition) is 2. The molecule has 1 aliphatic rings. The lowest BCUT2D eigenvalue weighted by Crippen LogP contribution is -2.45. The van der Waals surface area contributed by atoms with Gasteiger partial charge >= 0.3 is 0 Å². The van der Waals surface area contributed by atoms with Crippen LogP contribution in [0.4, 0.5) is 0 Å². The highest BCUT2D eigenvalue weighted by Crippen LogP contribution is 2.53. The van der Waals surface area contributed by atoms with Gasteiger partial charge in [0.05, 0.1) is 0 Å². The fourth-order valence-corrected chi connectivity index (χ4v) is 3.45. The number of rotatable bonds is 2. The van der Waals surface area contributed by atoms with Gasteiger partial charge in [0.1, 0.15) is 5.78 Å². The lowest BCUT2D eigenvalue weighted by atomic mass is 9.58. The molecule has 1 aromatic heterocycles. The zero-order valence-electron chi connectivity index (χ0n) is 8.96. The predicted molar refractivity (Wildman–Crippen MR) is 59.8 cm³/mol. The van der Waals surface area contributed by atoms with Crippen LogP contribution in [0.3, 0.4) is 0 Å². The van der Waals surface area contributed by atoms with Gasteiger partial charge in [-0.3, -0.25) is 4.79 Å². The SMILES string of the molecule is CCC1(C)C(=O)CC1c1sccc1C. The normalized spacial score (nSPS) is 31.6. The van der Waals surface area contributed by atoms with Crippen LogP contribution in [0.1, 0.15) is 43.0 Å². The zero-order chi connectivity index (χ0) is 10.3. The quantitative estimate of drug-likeness (QED) is 0.726. The predicted octanol–water partition coefficient (Wildman–Crippen LogP) is 3.53. The third-order valence-electron chi connectivity index (χ3n) is 3.75. The van der Waals surface area contributed by atoms with E-state index in [1.54, 1.807) is 11.3 Å². The molecule has 2 heteroatoms. The van der Waals surface area contributed by atoms with Crippen molar-refractivity contribution in [1.82, 2.24) is 0 Å². The summed E-state index contributed by atoms with van der Waals surface area (Å²) in [5.74, 6) is 0.929. The number of ketones is 1. The van der Waals surface area contributed by atoms with E-state index in [4.69, 9.17) is 0 Å². The Hall–Kier alpha value is -0.630. The minimum Gasteiger partial charge on any atom is -0.299 e. The molecule has 0 amide bonds. The first-order chi connectivity index (χ1) is 6.59. The maximum Gasteiger partial charge on any atom is 0.140 e. The lowest BCUT2D eigenvalue weighted by molar-refractivity contribution is -0.139. The van der Waals surface area contributed by atoms with E-state index in [1.807, 2.05) is 0 Å². The summed E-state index contributed by atoms with van der Waals surface area (Å²) < 4.78 is 0. The largest absolute Gasteiger partial charge is 0.299 e. The Balaban J connectivity index is 2.31. The molecule has 1 saturated carbocycles. The maximum absolute atomic E-state index is 11.6. The first-order valence-corrected chi connectivity index (χ1v) is 6.05. The molecule has 0 aliphatic heterocycles. The van der Waals surface area contributed by atoms with Crippen LogP contribution >= 0.6 is 11.3 Å². The standard InChI is InChI=1S/C12H16OS/c1-4-12(3)9(7-10(12)13)11-8(2)5-6-14-11/h5-6,9H,4,7H2,1-3H3. The Morgan fingerprint density at radius 3 is 2.79 bits per heavy atom. The molecule has 14 heavy (non-hydrogen) atoms. The zero-order valence-corrected chi connectivity index (χ0v) is 9.78. The van der Waals surface area contributed by atoms with Gasteiger partial charge in [-0.1, -0.05) is 13.8 Å². The summed E-state index contributed by atoms with van der Waals surface area (Å²) >= 11 is 1.80. The van der Waals surface area contributed by atoms with Crippen LogP contribution in [0, 0.1) is 12.3 Å². The minimum atomic E-state index is -0.0738. The molecule has 2 atom stereocenters. The Morgan fingerprint density at radius 1 is 1.64 bits per heavy atom. The summed E-state index contributed by atoms with van der Waals surface area (Å²) in [4.78, 5) is 13.0. The van der Waals surface area contributed by atoms with E-state index in [0.29, 0.717) is 11.7 Å². The van der Waals surface area contributed by atoms with E-state index in [0.717, 1.165) is 12.8 Å². The Kier molecular flexibility index (Phi) is 2.26. The first kappa shape index (κ1) is 9.91. The smallest absolute Gasteiger partial charge is 0.140 e. The van der Waals surface area contributed by atoms with Gasteiger partial charge in [0, 0.05) is 22.6 Å². The number of carbonyl (C=O) groups is 1. The monoisotopic (exact) mass is 208 g/mol. The molecule has 1 fully saturated rings. The average molecular weight is 208 g/mol. The van der Waals surface area contributed by atoms with Crippen LogP contribution in [0.25, 0.3) is 0 Å². The summed E-state index contributed by atoms with van der Waals surface area (Å²) in [6, 6.07) is 2.15. The van der Waals surface area contributed by atoms with Crippen molar-refractivity contribution in [3.8, 4) is 0 Å². The Morgan fingerprint density at radius 2 is 2.36 bits per heavy atom. The fourth-order valence-electron chi connectivity index (χ4n) is 2.27. The van der Waals surface area contributed by atoms with E-state index in [-0.39, 0.29) is 5.41 Å². The average Bonchev–Trinajstić information content (AvgIpc) is 2.59. The summed E-state index contributed by atoms with van der Waals surface area (Å²) in [5.41, 5.74) is 1.28. The molecule has 0 bridgehead atoms. The van der Waals surface area contributed by atoms with Gasteiger partial charge in [0.2, 0.25) is 0 Å². The molecular weight excluding hydrogens is 192 g/mol. The summed E-state index contributed by atoms with van der Waals surface area (Å²) in [6.07, 6.45) is 1.72. The molecule has 2 rings (SSSR count). The number of Topliss-reactive ketones (excluding diaryl/α,β-unsaturated/α-hetero) is 1. The molecule has 0 saturated heterocycles. The van der Waals surface area contributed by atoms with Gasteiger partial charge in [0.15, 0.2) is 0 Å². The van der Waals surface area contributed by atoms with Gasteiger partial charge in [0.25, 0.3) is 0 Å². The topological polar surface area (TPSA) is 17.1 Å². The molecule has 1 aliphatic carbocycles. The molecule has 0 radical (unpaired) electrons. The molecule has 1 heterocycles. The van der Waals surface area contributed by atoms with E-state index < -0.39 is 0 Å². The van der Waals surface area contributed by atoms with E-state index >= 15 is 0 Å². The van der Waals surface area contributed by atoms with Gasteiger partial charge in [-0.2, -0.15) is 0 Å². The second kappa shape index (κ2) is 3.20. The van der Waals surface area contributed by atoms with E-state index in [2.05, 4.69) is 32.2 Å².